The summed E-state index contributed by atoms with van der Waals surface area (Å²) < 4.78 is 24.4. The molecule has 0 amide bonds. The maximum Gasteiger partial charge on any atom is 0.297 e. The van der Waals surface area contributed by atoms with Crippen LogP contribution in [-0.4, -0.2) is 19.2 Å². The highest BCUT2D eigenvalue weighted by atomic mass is 32.2. The Kier molecular flexibility index (Phi) is 3.91. The Morgan fingerprint density at radius 1 is 1.17 bits per heavy atom. The summed E-state index contributed by atoms with van der Waals surface area (Å²) in [5.41, 5.74) is 1.81. The van der Waals surface area contributed by atoms with E-state index in [1.54, 1.807) is 26.0 Å². The summed E-state index contributed by atoms with van der Waals surface area (Å²) in [7, 11) is -4.08. The van der Waals surface area contributed by atoms with Gasteiger partial charge in [-0.1, -0.05) is 17.7 Å². The summed E-state index contributed by atoms with van der Waals surface area (Å²) in [6.45, 7) is 6.47. The third-order valence-corrected chi connectivity index (χ3v) is 4.57. The fourth-order valence-electron chi connectivity index (χ4n) is 1.93. The number of sulfone groups is 1. The standard InChI is InChI=1S/C12H16N2O3S/c1-7-5-8(2)11(9(3)6-7)18(16,17)12(15)10(4)14-13/h5-6H,13H2,1-4H3. The Bertz CT molecular complexity index is 608. The van der Waals surface area contributed by atoms with Crippen molar-refractivity contribution < 1.29 is 13.2 Å². The lowest BCUT2D eigenvalue weighted by atomic mass is 10.1. The predicted octanol–water partition coefficient (Wildman–Crippen LogP) is 1.25. The van der Waals surface area contributed by atoms with Gasteiger partial charge in [0.1, 0.15) is 5.71 Å². The second-order valence-electron chi connectivity index (χ2n) is 4.23. The Morgan fingerprint density at radius 3 is 2.00 bits per heavy atom. The molecular weight excluding hydrogens is 252 g/mol. The van der Waals surface area contributed by atoms with Crippen molar-refractivity contribution in [2.75, 3.05) is 0 Å². The van der Waals surface area contributed by atoms with Crippen LogP contribution in [0.4, 0.5) is 0 Å². The molecule has 0 fully saturated rings. The van der Waals surface area contributed by atoms with Gasteiger partial charge in [-0.3, -0.25) is 4.79 Å². The molecule has 1 aromatic rings. The van der Waals surface area contributed by atoms with Crippen molar-refractivity contribution in [3.8, 4) is 0 Å². The molecule has 5 nitrogen and oxygen atoms in total. The summed E-state index contributed by atoms with van der Waals surface area (Å²) in [5, 5.41) is 2.09. The first-order chi connectivity index (χ1) is 8.21. The van der Waals surface area contributed by atoms with Crippen LogP contribution in [0.1, 0.15) is 23.6 Å². The van der Waals surface area contributed by atoms with Crippen molar-refractivity contribution in [1.82, 2.24) is 0 Å². The smallest absolute Gasteiger partial charge is 0.297 e. The van der Waals surface area contributed by atoms with Gasteiger partial charge in [-0.2, -0.15) is 5.10 Å². The summed E-state index contributed by atoms with van der Waals surface area (Å²) >= 11 is 0. The van der Waals surface area contributed by atoms with Crippen molar-refractivity contribution in [3.63, 3.8) is 0 Å². The highest BCUT2D eigenvalue weighted by Crippen LogP contribution is 2.23. The van der Waals surface area contributed by atoms with Gasteiger partial charge in [0.15, 0.2) is 0 Å². The lowest BCUT2D eigenvalue weighted by molar-refractivity contribution is -0.106. The zero-order valence-electron chi connectivity index (χ0n) is 10.8. The van der Waals surface area contributed by atoms with Crippen LogP contribution in [0.5, 0.6) is 0 Å². The zero-order chi connectivity index (χ0) is 14.1. The molecule has 0 aliphatic carbocycles. The molecule has 0 aliphatic heterocycles. The molecule has 0 atom stereocenters. The van der Waals surface area contributed by atoms with Gasteiger partial charge < -0.3 is 5.84 Å². The maximum absolute atomic E-state index is 12.2. The number of nitrogens with zero attached hydrogens (tertiary/aromatic N) is 1. The number of carbonyl (C=O) groups excluding carboxylic acids is 1. The van der Waals surface area contributed by atoms with Gasteiger partial charge in [-0.25, -0.2) is 8.42 Å². The predicted molar refractivity (Wildman–Crippen MR) is 70.1 cm³/mol. The monoisotopic (exact) mass is 268 g/mol. The molecule has 6 heteroatoms. The Labute approximate surface area is 107 Å². The first-order valence-electron chi connectivity index (χ1n) is 5.33. The molecule has 0 aromatic heterocycles. The fourth-order valence-corrected chi connectivity index (χ4v) is 3.52. The minimum Gasteiger partial charge on any atom is -0.323 e. The Hall–Kier alpha value is -1.69. The molecule has 0 saturated heterocycles. The minimum absolute atomic E-state index is 0.0427. The molecule has 0 saturated carbocycles. The van der Waals surface area contributed by atoms with E-state index in [1.807, 2.05) is 6.92 Å². The number of hydrazone groups is 1. The van der Waals surface area contributed by atoms with E-state index in [2.05, 4.69) is 5.10 Å². The van der Waals surface area contributed by atoms with Crippen LogP contribution in [0.15, 0.2) is 22.1 Å². The maximum atomic E-state index is 12.2. The van der Waals surface area contributed by atoms with Crippen LogP contribution in [0.25, 0.3) is 0 Å². The van der Waals surface area contributed by atoms with Crippen molar-refractivity contribution in [2.45, 2.75) is 32.6 Å². The van der Waals surface area contributed by atoms with Crippen LogP contribution in [0, 0.1) is 20.8 Å². The minimum atomic E-state index is -4.08. The second-order valence-corrected chi connectivity index (χ2v) is 6.02. The molecule has 1 rings (SSSR count). The molecule has 0 radical (unpaired) electrons. The summed E-state index contributed by atoms with van der Waals surface area (Å²) in [4.78, 5) is 11.8. The molecule has 98 valence electrons. The first-order valence-corrected chi connectivity index (χ1v) is 6.82. The molecule has 0 bridgehead atoms. The molecular formula is C12H16N2O3S. The third-order valence-electron chi connectivity index (χ3n) is 2.61. The van der Waals surface area contributed by atoms with E-state index in [1.165, 1.54) is 6.92 Å². The number of benzene rings is 1. The third kappa shape index (κ3) is 2.43. The van der Waals surface area contributed by atoms with Crippen molar-refractivity contribution in [1.29, 1.82) is 0 Å². The van der Waals surface area contributed by atoms with Gasteiger partial charge in [-0.15, -0.1) is 0 Å². The van der Waals surface area contributed by atoms with Gasteiger partial charge in [0.2, 0.25) is 9.84 Å². The summed E-state index contributed by atoms with van der Waals surface area (Å²) in [6, 6.07) is 3.45. The van der Waals surface area contributed by atoms with Crippen molar-refractivity contribution in [3.05, 3.63) is 28.8 Å². The average Bonchev–Trinajstić information content (AvgIpc) is 2.24. The number of hydrogen-bond acceptors (Lipinski definition) is 5. The molecule has 0 aliphatic rings. The van der Waals surface area contributed by atoms with Crippen LogP contribution >= 0.6 is 0 Å². The van der Waals surface area contributed by atoms with Crippen LogP contribution in [-0.2, 0) is 14.6 Å². The van der Waals surface area contributed by atoms with E-state index in [0.29, 0.717) is 11.1 Å². The first kappa shape index (κ1) is 14.4. The second kappa shape index (κ2) is 4.89. The van der Waals surface area contributed by atoms with E-state index in [-0.39, 0.29) is 10.6 Å². The molecule has 1 aromatic carbocycles. The van der Waals surface area contributed by atoms with Gasteiger partial charge in [-0.05, 0) is 38.8 Å². The molecule has 0 unspecified atom stereocenters. The largest absolute Gasteiger partial charge is 0.323 e. The van der Waals surface area contributed by atoms with E-state index in [9.17, 15) is 13.2 Å². The quantitative estimate of drug-likeness (QED) is 0.496. The molecule has 0 heterocycles. The zero-order valence-corrected chi connectivity index (χ0v) is 11.6. The van der Waals surface area contributed by atoms with Gasteiger partial charge in [0.25, 0.3) is 5.12 Å². The number of rotatable bonds is 2. The highest BCUT2D eigenvalue weighted by molar-refractivity contribution is 8.08. The Balaban J connectivity index is 3.53. The molecule has 2 N–H and O–H groups in total. The van der Waals surface area contributed by atoms with Crippen LogP contribution in [0.2, 0.25) is 0 Å². The van der Waals surface area contributed by atoms with Gasteiger partial charge >= 0.3 is 0 Å². The van der Waals surface area contributed by atoms with E-state index in [0.717, 1.165) is 5.56 Å². The van der Waals surface area contributed by atoms with E-state index in [4.69, 9.17) is 5.84 Å². The van der Waals surface area contributed by atoms with Crippen molar-refractivity contribution >= 4 is 20.7 Å². The van der Waals surface area contributed by atoms with Gasteiger partial charge in [0, 0.05) is 0 Å². The van der Waals surface area contributed by atoms with Crippen LogP contribution < -0.4 is 5.84 Å². The molecule has 0 spiro atoms. The SMILES string of the molecule is CC(=NN)C(=O)S(=O)(=O)c1c(C)cc(C)cc1C. The number of carbonyl (C=O) groups is 1. The fraction of sp³-hybridized carbons (Fsp3) is 0.333. The number of aryl methyl sites for hydroxylation is 3. The molecule has 18 heavy (non-hydrogen) atoms. The number of hydrogen-bond donors (Lipinski definition) is 1. The normalized spacial score (nSPS) is 12.6. The average molecular weight is 268 g/mol. The lowest BCUT2D eigenvalue weighted by Crippen LogP contribution is -2.24. The summed E-state index contributed by atoms with van der Waals surface area (Å²) in [5.74, 6) is 4.95. The summed E-state index contributed by atoms with van der Waals surface area (Å²) in [6.07, 6.45) is 0. The van der Waals surface area contributed by atoms with Gasteiger partial charge in [0.05, 0.1) is 4.90 Å². The highest BCUT2D eigenvalue weighted by Gasteiger charge is 2.30. The van der Waals surface area contributed by atoms with Crippen LogP contribution in [0.3, 0.4) is 0 Å². The lowest BCUT2D eigenvalue weighted by Gasteiger charge is -2.10. The van der Waals surface area contributed by atoms with E-state index < -0.39 is 15.0 Å². The topological polar surface area (TPSA) is 89.6 Å². The number of nitrogens with two attached hydrogens (primary N) is 1. The van der Waals surface area contributed by atoms with Crippen molar-refractivity contribution in [2.24, 2.45) is 10.9 Å². The Morgan fingerprint density at radius 2 is 1.61 bits per heavy atom. The van der Waals surface area contributed by atoms with E-state index >= 15 is 0 Å².